The number of aromatic hydroxyl groups is 1. The first-order valence-corrected chi connectivity index (χ1v) is 15.2. The Hall–Kier alpha value is -3.31. The van der Waals surface area contributed by atoms with E-state index in [-0.39, 0.29) is 24.4 Å². The van der Waals surface area contributed by atoms with Gasteiger partial charge < -0.3 is 19.7 Å². The second-order valence-corrected chi connectivity index (χ2v) is 9.96. The number of rotatable bonds is 11. The minimum atomic E-state index is -0.969. The van der Waals surface area contributed by atoms with E-state index in [1.165, 1.54) is 0 Å². The summed E-state index contributed by atoms with van der Waals surface area (Å²) in [6, 6.07) is 9.97. The molecule has 0 saturated carbocycles. The molecule has 5 heteroatoms. The van der Waals surface area contributed by atoms with Gasteiger partial charge in [-0.25, -0.2) is 4.79 Å². The molecule has 0 amide bonds. The van der Waals surface area contributed by atoms with E-state index in [4.69, 9.17) is 9.47 Å². The zero-order chi connectivity index (χ0) is 33.1. The maximum Gasteiger partial charge on any atom is 0.338 e. The predicted molar refractivity (Wildman–Crippen MR) is 183 cm³/mol. The quantitative estimate of drug-likeness (QED) is 0.119. The van der Waals surface area contributed by atoms with E-state index in [1.54, 1.807) is 48.6 Å². The number of hydrogen-bond donors (Lipinski definition) is 2. The second kappa shape index (κ2) is 26.6. The molecule has 2 N–H and O–H groups in total. The van der Waals surface area contributed by atoms with Crippen LogP contribution in [0.5, 0.6) is 5.75 Å². The Balaban J connectivity index is -0.00000120. The van der Waals surface area contributed by atoms with Gasteiger partial charge in [0, 0.05) is 5.41 Å². The van der Waals surface area contributed by atoms with Crippen molar-refractivity contribution >= 4 is 16.7 Å². The molecule has 0 spiro atoms. The molecule has 0 aliphatic carbocycles. The molecule has 0 saturated heterocycles. The zero-order valence-electron chi connectivity index (χ0n) is 28.4. The van der Waals surface area contributed by atoms with Crippen molar-refractivity contribution in [2.45, 2.75) is 95.1 Å². The van der Waals surface area contributed by atoms with E-state index in [0.717, 1.165) is 29.5 Å². The third-order valence-electron chi connectivity index (χ3n) is 4.92. The molecule has 0 heterocycles. The number of phenols is 1. The average molecular weight is 585 g/mol. The first-order valence-electron chi connectivity index (χ1n) is 15.2. The van der Waals surface area contributed by atoms with Crippen LogP contribution in [0.25, 0.3) is 10.8 Å². The maximum absolute atomic E-state index is 12.3. The van der Waals surface area contributed by atoms with E-state index in [9.17, 15) is 15.0 Å². The highest BCUT2D eigenvalue weighted by atomic mass is 16.5. The number of aliphatic hydroxyl groups excluding tert-OH is 1. The summed E-state index contributed by atoms with van der Waals surface area (Å²) in [5.74, 6) is 1.05. The maximum atomic E-state index is 12.3. The van der Waals surface area contributed by atoms with E-state index in [2.05, 4.69) is 53.9 Å². The summed E-state index contributed by atoms with van der Waals surface area (Å²) in [5.41, 5.74) is 0.219. The average Bonchev–Trinajstić information content (AvgIpc) is 2.96. The molecule has 2 aromatic rings. The largest absolute Gasteiger partial charge is 0.508 e. The Morgan fingerprint density at radius 2 is 1.45 bits per heavy atom. The minimum absolute atomic E-state index is 0.0137. The lowest BCUT2D eigenvalue weighted by Gasteiger charge is -2.23. The number of ether oxygens (including phenoxy) is 2. The van der Waals surface area contributed by atoms with Gasteiger partial charge in [0.05, 0.1) is 5.56 Å². The Morgan fingerprint density at radius 3 is 1.95 bits per heavy atom. The fourth-order valence-electron chi connectivity index (χ4n) is 3.46. The topological polar surface area (TPSA) is 76.0 Å². The van der Waals surface area contributed by atoms with Crippen LogP contribution in [0, 0.1) is 11.3 Å². The molecule has 2 unspecified atom stereocenters. The lowest BCUT2D eigenvalue weighted by Crippen LogP contribution is -2.24. The number of allylic oxidation sites excluding steroid dienone is 5. The second-order valence-electron chi connectivity index (χ2n) is 9.96. The van der Waals surface area contributed by atoms with Crippen molar-refractivity contribution in [3.05, 3.63) is 91.3 Å². The van der Waals surface area contributed by atoms with Crippen molar-refractivity contribution in [1.29, 1.82) is 0 Å². The number of esters is 1. The molecule has 42 heavy (non-hydrogen) atoms. The monoisotopic (exact) mass is 584 g/mol. The van der Waals surface area contributed by atoms with Gasteiger partial charge in [0.15, 0.2) is 0 Å². The van der Waals surface area contributed by atoms with Crippen LogP contribution in [-0.4, -0.2) is 35.5 Å². The molecule has 0 bridgehead atoms. The van der Waals surface area contributed by atoms with Crippen molar-refractivity contribution < 1.29 is 24.5 Å². The minimum Gasteiger partial charge on any atom is -0.508 e. The standard InChI is InChI=1S/C26H32O5.C4H10.C3H6.2C2H6/c1-5-12-26(4,13-6-2)16-24(7-3)30-17-23(28)18-31-25(29)21-9-8-20-15-22(27)11-10-19(20)14-21;1-4(2)3;1-3-2;2*1-2/h5,7-12,14-16,23,27-28H,3,6,13,17-18H2,1-2,4H3;4H,1-3H3;3H,1H2,2H3;2*1-2H3/b12-5-,24-16+;;;;. The zero-order valence-corrected chi connectivity index (χ0v) is 28.4. The van der Waals surface area contributed by atoms with Gasteiger partial charge in [-0.15, -0.1) is 6.58 Å². The van der Waals surface area contributed by atoms with E-state index in [0.29, 0.717) is 11.3 Å². The van der Waals surface area contributed by atoms with Crippen LogP contribution in [0.15, 0.2) is 85.7 Å². The molecule has 2 aromatic carbocycles. The Labute approximate surface area is 257 Å². The molecule has 0 fully saturated rings. The smallest absolute Gasteiger partial charge is 0.338 e. The molecule has 2 rings (SSSR count). The number of carbonyl (C=O) groups excluding carboxylic acids is 1. The summed E-state index contributed by atoms with van der Waals surface area (Å²) in [4.78, 5) is 12.3. The van der Waals surface area contributed by atoms with E-state index in [1.807, 2.05) is 53.7 Å². The highest BCUT2D eigenvalue weighted by molar-refractivity contribution is 5.95. The highest BCUT2D eigenvalue weighted by Gasteiger charge is 2.18. The molecule has 238 valence electrons. The summed E-state index contributed by atoms with van der Waals surface area (Å²) in [6.07, 6.45) is 10.5. The van der Waals surface area contributed by atoms with Crippen LogP contribution in [0.2, 0.25) is 0 Å². The van der Waals surface area contributed by atoms with Crippen molar-refractivity contribution in [2.24, 2.45) is 11.3 Å². The molecule has 0 aromatic heterocycles. The van der Waals surface area contributed by atoms with Gasteiger partial charge in [-0.2, -0.15) is 0 Å². The first-order chi connectivity index (χ1) is 19.9. The van der Waals surface area contributed by atoms with Gasteiger partial charge in [0.1, 0.15) is 30.8 Å². The van der Waals surface area contributed by atoms with Gasteiger partial charge in [0.2, 0.25) is 0 Å². The van der Waals surface area contributed by atoms with Crippen LogP contribution in [0.3, 0.4) is 0 Å². The fourth-order valence-corrected chi connectivity index (χ4v) is 3.46. The SMILES string of the molecule is C=C/C(=C\C(C)(/C=C\C)CCC)OCC(O)COC(=O)c1ccc2cc(O)ccc2c1.C=CC.CC.CC.CC(C)C. The summed E-state index contributed by atoms with van der Waals surface area (Å²) in [5, 5.41) is 21.4. The van der Waals surface area contributed by atoms with Crippen molar-refractivity contribution in [3.8, 4) is 5.75 Å². The normalized spacial score (nSPS) is 12.5. The fraction of sp³-hybridized carbons (Fsp3) is 0.486. The van der Waals surface area contributed by atoms with Crippen molar-refractivity contribution in [1.82, 2.24) is 0 Å². The van der Waals surface area contributed by atoms with Gasteiger partial charge in [-0.05, 0) is 73.4 Å². The summed E-state index contributed by atoms with van der Waals surface area (Å²) in [6.45, 7) is 29.6. The molecule has 5 nitrogen and oxygen atoms in total. The third-order valence-corrected chi connectivity index (χ3v) is 4.92. The number of phenolic OH excluding ortho intramolecular Hbond substituents is 1. The van der Waals surface area contributed by atoms with Crippen molar-refractivity contribution in [3.63, 3.8) is 0 Å². The first kappa shape index (κ1) is 43.1. The predicted octanol–water partition coefficient (Wildman–Crippen LogP) is 10.4. The number of hydrogen-bond acceptors (Lipinski definition) is 5. The van der Waals surface area contributed by atoms with Gasteiger partial charge >= 0.3 is 5.97 Å². The number of benzene rings is 2. The Bertz CT molecular complexity index is 1050. The molecule has 0 aliphatic heterocycles. The molecule has 0 aliphatic rings. The molecular weight excluding hydrogens is 524 g/mol. The van der Waals surface area contributed by atoms with Crippen LogP contribution in [0.4, 0.5) is 0 Å². The van der Waals surface area contributed by atoms with Crippen LogP contribution in [0.1, 0.15) is 99.4 Å². The molecular formula is C37H60O5. The Morgan fingerprint density at radius 1 is 0.952 bits per heavy atom. The van der Waals surface area contributed by atoms with Crippen LogP contribution >= 0.6 is 0 Å². The summed E-state index contributed by atoms with van der Waals surface area (Å²) >= 11 is 0. The highest BCUT2D eigenvalue weighted by Crippen LogP contribution is 2.29. The Kier molecular flexibility index (Phi) is 27.3. The van der Waals surface area contributed by atoms with Crippen LogP contribution < -0.4 is 0 Å². The van der Waals surface area contributed by atoms with Gasteiger partial charge in [-0.1, -0.05) is 106 Å². The van der Waals surface area contributed by atoms with E-state index < -0.39 is 12.1 Å². The number of fused-ring (bicyclic) bond motifs is 1. The summed E-state index contributed by atoms with van der Waals surface area (Å²) in [7, 11) is 0. The summed E-state index contributed by atoms with van der Waals surface area (Å²) < 4.78 is 10.9. The molecule has 2 atom stereocenters. The van der Waals surface area contributed by atoms with E-state index >= 15 is 0 Å². The number of aliphatic hydroxyl groups is 1. The third kappa shape index (κ3) is 20.5. The van der Waals surface area contributed by atoms with Crippen LogP contribution in [-0.2, 0) is 9.47 Å². The van der Waals surface area contributed by atoms with Crippen molar-refractivity contribution in [2.75, 3.05) is 13.2 Å². The number of carbonyl (C=O) groups is 1. The molecule has 0 radical (unpaired) electrons. The van der Waals surface area contributed by atoms with Gasteiger partial charge in [0.25, 0.3) is 0 Å². The lowest BCUT2D eigenvalue weighted by molar-refractivity contribution is 0.00375. The lowest BCUT2D eigenvalue weighted by atomic mass is 9.84. The van der Waals surface area contributed by atoms with Gasteiger partial charge in [-0.3, -0.25) is 0 Å².